The summed E-state index contributed by atoms with van der Waals surface area (Å²) in [6.45, 7) is 0. The van der Waals surface area contributed by atoms with Crippen molar-refractivity contribution in [1.82, 2.24) is 14.8 Å². The minimum absolute atomic E-state index is 0.269. The molecule has 21 heavy (non-hydrogen) atoms. The second-order valence-electron chi connectivity index (χ2n) is 4.44. The molecule has 0 aliphatic rings. The van der Waals surface area contributed by atoms with Crippen LogP contribution in [-0.2, 0) is 0 Å². The Hall–Kier alpha value is -3.15. The number of anilines is 2. The van der Waals surface area contributed by atoms with Crippen LogP contribution in [-0.4, -0.2) is 20.7 Å². The number of carbonyl (C=O) groups is 1. The van der Waals surface area contributed by atoms with E-state index in [2.05, 4.69) is 15.4 Å². The summed E-state index contributed by atoms with van der Waals surface area (Å²) < 4.78 is 1.64. The third-order valence-corrected chi connectivity index (χ3v) is 2.89. The Morgan fingerprint density at radius 3 is 2.62 bits per heavy atom. The summed E-state index contributed by atoms with van der Waals surface area (Å²) in [6, 6.07) is 12.9. The van der Waals surface area contributed by atoms with Crippen molar-refractivity contribution < 1.29 is 4.79 Å². The number of hydrogen-bond donors (Lipinski definition) is 2. The van der Waals surface area contributed by atoms with E-state index in [1.165, 1.54) is 12.4 Å². The number of aromatic nitrogens is 3. The molecule has 0 saturated heterocycles. The monoisotopic (exact) mass is 279 g/mol. The quantitative estimate of drug-likeness (QED) is 0.768. The highest BCUT2D eigenvalue weighted by atomic mass is 16.1. The summed E-state index contributed by atoms with van der Waals surface area (Å²) in [6.07, 6.45) is 4.67. The summed E-state index contributed by atoms with van der Waals surface area (Å²) in [7, 11) is 0. The lowest BCUT2D eigenvalue weighted by Crippen LogP contribution is -2.12. The minimum Gasteiger partial charge on any atom is -0.397 e. The Morgan fingerprint density at radius 1 is 1.10 bits per heavy atom. The highest BCUT2D eigenvalue weighted by molar-refractivity contribution is 6.03. The van der Waals surface area contributed by atoms with Crippen LogP contribution in [0.25, 0.3) is 5.69 Å². The molecule has 1 amide bonds. The third-order valence-electron chi connectivity index (χ3n) is 2.89. The molecule has 0 unspecified atom stereocenters. The van der Waals surface area contributed by atoms with Gasteiger partial charge in [0.25, 0.3) is 5.91 Å². The number of nitrogens with two attached hydrogens (primary N) is 1. The maximum Gasteiger partial charge on any atom is 0.260 e. The fourth-order valence-electron chi connectivity index (χ4n) is 1.83. The van der Waals surface area contributed by atoms with E-state index in [-0.39, 0.29) is 5.91 Å². The van der Waals surface area contributed by atoms with Gasteiger partial charge in [0.2, 0.25) is 0 Å². The number of benzene rings is 1. The zero-order valence-corrected chi connectivity index (χ0v) is 11.1. The van der Waals surface area contributed by atoms with Crippen molar-refractivity contribution in [3.63, 3.8) is 0 Å². The Kier molecular flexibility index (Phi) is 3.34. The lowest BCUT2D eigenvalue weighted by molar-refractivity contribution is 0.102. The standard InChI is InChI=1S/C15H13N5O/c16-12-6-7-14(17-9-12)19-15(21)11-8-18-20(10-11)13-4-2-1-3-5-13/h1-10H,16H2,(H,17,19,21). The van der Waals surface area contributed by atoms with Gasteiger partial charge in [0, 0.05) is 6.20 Å². The van der Waals surface area contributed by atoms with Crippen molar-refractivity contribution >= 4 is 17.4 Å². The van der Waals surface area contributed by atoms with Crippen LogP contribution in [0.4, 0.5) is 11.5 Å². The molecule has 1 aromatic carbocycles. The maximum atomic E-state index is 12.1. The van der Waals surface area contributed by atoms with E-state index in [4.69, 9.17) is 5.73 Å². The molecule has 0 aliphatic carbocycles. The average molecular weight is 279 g/mol. The molecule has 3 rings (SSSR count). The predicted octanol–water partition coefficient (Wildman–Crippen LogP) is 2.10. The summed E-state index contributed by atoms with van der Waals surface area (Å²) in [5.41, 5.74) is 7.44. The number of nitrogen functional groups attached to an aromatic ring is 1. The number of rotatable bonds is 3. The first-order valence-electron chi connectivity index (χ1n) is 6.35. The van der Waals surface area contributed by atoms with E-state index in [0.717, 1.165) is 5.69 Å². The van der Waals surface area contributed by atoms with Gasteiger partial charge in [-0.3, -0.25) is 4.79 Å². The molecule has 2 aromatic heterocycles. The van der Waals surface area contributed by atoms with Crippen molar-refractivity contribution in [3.8, 4) is 5.69 Å². The second kappa shape index (κ2) is 5.46. The molecule has 104 valence electrons. The highest BCUT2D eigenvalue weighted by Gasteiger charge is 2.10. The minimum atomic E-state index is -0.269. The molecule has 2 heterocycles. The van der Waals surface area contributed by atoms with Gasteiger partial charge in [-0.1, -0.05) is 18.2 Å². The van der Waals surface area contributed by atoms with Gasteiger partial charge < -0.3 is 11.1 Å². The van der Waals surface area contributed by atoms with Crippen LogP contribution in [0.1, 0.15) is 10.4 Å². The summed E-state index contributed by atoms with van der Waals surface area (Å²) in [4.78, 5) is 16.1. The van der Waals surface area contributed by atoms with Crippen LogP contribution in [0, 0.1) is 0 Å². The first-order valence-corrected chi connectivity index (χ1v) is 6.35. The van der Waals surface area contributed by atoms with Gasteiger partial charge in [0.05, 0.1) is 29.3 Å². The van der Waals surface area contributed by atoms with Gasteiger partial charge in [-0.25, -0.2) is 9.67 Å². The van der Waals surface area contributed by atoms with Gasteiger partial charge >= 0.3 is 0 Å². The van der Waals surface area contributed by atoms with Crippen LogP contribution < -0.4 is 11.1 Å². The van der Waals surface area contributed by atoms with Gasteiger partial charge in [0.1, 0.15) is 5.82 Å². The molecule has 0 spiro atoms. The van der Waals surface area contributed by atoms with Crippen molar-refractivity contribution in [2.45, 2.75) is 0 Å². The number of carbonyl (C=O) groups excluding carboxylic acids is 1. The van der Waals surface area contributed by atoms with Crippen LogP contribution in [0.2, 0.25) is 0 Å². The molecule has 0 bridgehead atoms. The average Bonchev–Trinajstić information content (AvgIpc) is 3.00. The smallest absolute Gasteiger partial charge is 0.260 e. The summed E-state index contributed by atoms with van der Waals surface area (Å²) in [5.74, 6) is 0.177. The van der Waals surface area contributed by atoms with Crippen LogP contribution in [0.15, 0.2) is 61.1 Å². The number of para-hydroxylation sites is 1. The molecular formula is C15H13N5O. The number of nitrogens with zero attached hydrogens (tertiary/aromatic N) is 3. The number of nitrogens with one attached hydrogen (secondary N) is 1. The molecule has 0 atom stereocenters. The van der Waals surface area contributed by atoms with Crippen molar-refractivity contribution in [1.29, 1.82) is 0 Å². The number of amides is 1. The SMILES string of the molecule is Nc1ccc(NC(=O)c2cnn(-c3ccccc3)c2)nc1. The van der Waals surface area contributed by atoms with E-state index in [0.29, 0.717) is 17.1 Å². The van der Waals surface area contributed by atoms with E-state index in [9.17, 15) is 4.79 Å². The third kappa shape index (κ3) is 2.89. The Labute approximate surface area is 121 Å². The van der Waals surface area contributed by atoms with Crippen LogP contribution in [0.3, 0.4) is 0 Å². The molecule has 0 aliphatic heterocycles. The fourth-order valence-corrected chi connectivity index (χ4v) is 1.83. The Balaban J connectivity index is 1.77. The number of pyridine rings is 1. The van der Waals surface area contributed by atoms with Gasteiger partial charge in [-0.15, -0.1) is 0 Å². The number of hydrogen-bond acceptors (Lipinski definition) is 4. The topological polar surface area (TPSA) is 85.8 Å². The Morgan fingerprint density at radius 2 is 1.90 bits per heavy atom. The van der Waals surface area contributed by atoms with Crippen molar-refractivity contribution in [2.24, 2.45) is 0 Å². The molecule has 0 saturated carbocycles. The zero-order valence-electron chi connectivity index (χ0n) is 11.1. The van der Waals surface area contributed by atoms with Gasteiger partial charge in [0.15, 0.2) is 0 Å². The molecule has 6 nitrogen and oxygen atoms in total. The molecule has 3 N–H and O–H groups in total. The second-order valence-corrected chi connectivity index (χ2v) is 4.44. The lowest BCUT2D eigenvalue weighted by Gasteiger charge is -2.02. The molecular weight excluding hydrogens is 266 g/mol. The zero-order chi connectivity index (χ0) is 14.7. The summed E-state index contributed by atoms with van der Waals surface area (Å²) >= 11 is 0. The van der Waals surface area contributed by atoms with E-state index in [1.807, 2.05) is 30.3 Å². The maximum absolute atomic E-state index is 12.1. The van der Waals surface area contributed by atoms with E-state index < -0.39 is 0 Å². The molecule has 3 aromatic rings. The largest absolute Gasteiger partial charge is 0.397 e. The highest BCUT2D eigenvalue weighted by Crippen LogP contribution is 2.10. The summed E-state index contributed by atoms with van der Waals surface area (Å²) in [5, 5.41) is 6.87. The first kappa shape index (κ1) is 12.9. The molecule has 6 heteroatoms. The van der Waals surface area contributed by atoms with Gasteiger partial charge in [-0.05, 0) is 24.3 Å². The van der Waals surface area contributed by atoms with Crippen molar-refractivity contribution in [2.75, 3.05) is 11.1 Å². The van der Waals surface area contributed by atoms with E-state index in [1.54, 1.807) is 23.0 Å². The first-order chi connectivity index (χ1) is 10.2. The normalized spacial score (nSPS) is 10.3. The lowest BCUT2D eigenvalue weighted by atomic mass is 10.3. The predicted molar refractivity (Wildman–Crippen MR) is 80.2 cm³/mol. The van der Waals surface area contributed by atoms with Crippen LogP contribution in [0.5, 0.6) is 0 Å². The van der Waals surface area contributed by atoms with E-state index >= 15 is 0 Å². The van der Waals surface area contributed by atoms with Crippen LogP contribution >= 0.6 is 0 Å². The fraction of sp³-hybridized carbons (Fsp3) is 0. The van der Waals surface area contributed by atoms with Crippen molar-refractivity contribution in [3.05, 3.63) is 66.6 Å². The van der Waals surface area contributed by atoms with Gasteiger partial charge in [-0.2, -0.15) is 5.10 Å². The Bertz CT molecular complexity index is 749. The molecule has 0 fully saturated rings. The molecule has 0 radical (unpaired) electrons.